The zero-order chi connectivity index (χ0) is 32.8. The average molecular weight is 658 g/mol. The van der Waals surface area contributed by atoms with Crippen LogP contribution in [0.25, 0.3) is 85.9 Å². The molecule has 11 aromatic rings. The van der Waals surface area contributed by atoms with Crippen LogP contribution in [0.5, 0.6) is 0 Å². The summed E-state index contributed by atoms with van der Waals surface area (Å²) < 4.78 is 15.9. The Balaban J connectivity index is 1.32. The van der Waals surface area contributed by atoms with Crippen molar-refractivity contribution < 1.29 is 8.83 Å². The molecule has 4 heteroatoms. The molecule has 0 unspecified atom stereocenters. The summed E-state index contributed by atoms with van der Waals surface area (Å²) in [5.74, 6) is 0. The van der Waals surface area contributed by atoms with Crippen molar-refractivity contribution in [3.05, 3.63) is 164 Å². The highest BCUT2D eigenvalue weighted by molar-refractivity contribution is 7.26. The fourth-order valence-corrected chi connectivity index (χ4v) is 9.08. The zero-order valence-electron chi connectivity index (χ0n) is 26.8. The van der Waals surface area contributed by atoms with Crippen LogP contribution < -0.4 is 4.90 Å². The number of hydrogen-bond acceptors (Lipinski definition) is 4. The van der Waals surface area contributed by atoms with E-state index in [4.69, 9.17) is 8.83 Å². The van der Waals surface area contributed by atoms with Gasteiger partial charge in [-0.15, -0.1) is 11.3 Å². The van der Waals surface area contributed by atoms with Crippen LogP contribution in [-0.2, 0) is 0 Å². The topological polar surface area (TPSA) is 29.5 Å². The normalized spacial score (nSPS) is 12.0. The van der Waals surface area contributed by atoms with E-state index in [0.717, 1.165) is 77.5 Å². The molecule has 0 saturated carbocycles. The van der Waals surface area contributed by atoms with Crippen molar-refractivity contribution >= 4 is 103 Å². The van der Waals surface area contributed by atoms with Gasteiger partial charge in [-0.1, -0.05) is 103 Å². The summed E-state index contributed by atoms with van der Waals surface area (Å²) in [6, 6.07) is 58.1. The minimum atomic E-state index is 0.854. The molecule has 3 heterocycles. The molecule has 0 radical (unpaired) electrons. The highest BCUT2D eigenvalue weighted by Gasteiger charge is 2.25. The summed E-state index contributed by atoms with van der Waals surface area (Å²) in [4.78, 5) is 2.37. The predicted octanol–water partition coefficient (Wildman–Crippen LogP) is 14.1. The van der Waals surface area contributed by atoms with Crippen LogP contribution in [0, 0.1) is 0 Å². The van der Waals surface area contributed by atoms with Crippen molar-refractivity contribution in [2.24, 2.45) is 0 Å². The fourth-order valence-electron chi connectivity index (χ4n) is 7.84. The summed E-state index contributed by atoms with van der Waals surface area (Å²) in [6.45, 7) is 0. The first-order valence-corrected chi connectivity index (χ1v) is 17.7. The number of furan rings is 2. The lowest BCUT2D eigenvalue weighted by molar-refractivity contribution is 0.669. The average Bonchev–Trinajstić information content (AvgIpc) is 3.87. The number of rotatable bonds is 4. The smallest absolute Gasteiger partial charge is 0.144 e. The first kappa shape index (κ1) is 27.6. The van der Waals surface area contributed by atoms with Crippen molar-refractivity contribution in [1.29, 1.82) is 0 Å². The van der Waals surface area contributed by atoms with Crippen LogP contribution in [0.2, 0.25) is 0 Å². The molecule has 234 valence electrons. The Morgan fingerprint density at radius 3 is 1.92 bits per heavy atom. The molecular formula is C46H27NO2S. The Morgan fingerprint density at radius 1 is 0.440 bits per heavy atom. The van der Waals surface area contributed by atoms with Crippen LogP contribution in [-0.4, -0.2) is 0 Å². The maximum absolute atomic E-state index is 6.86. The Kier molecular flexibility index (Phi) is 5.83. The van der Waals surface area contributed by atoms with Crippen molar-refractivity contribution in [3.63, 3.8) is 0 Å². The maximum atomic E-state index is 6.86. The largest absolute Gasteiger partial charge is 0.456 e. The van der Waals surface area contributed by atoms with Gasteiger partial charge in [-0.2, -0.15) is 0 Å². The molecule has 0 spiro atoms. The Labute approximate surface area is 290 Å². The van der Waals surface area contributed by atoms with Gasteiger partial charge in [0.15, 0.2) is 0 Å². The molecule has 0 aliphatic heterocycles. The van der Waals surface area contributed by atoms with Crippen molar-refractivity contribution in [1.82, 2.24) is 0 Å². The molecular weight excluding hydrogens is 631 g/mol. The lowest BCUT2D eigenvalue weighted by Gasteiger charge is -2.27. The second kappa shape index (κ2) is 10.6. The molecule has 3 nitrogen and oxygen atoms in total. The predicted molar refractivity (Wildman–Crippen MR) is 212 cm³/mol. The molecule has 3 aromatic heterocycles. The van der Waals surface area contributed by atoms with Crippen LogP contribution in [0.15, 0.2) is 173 Å². The van der Waals surface area contributed by atoms with Crippen molar-refractivity contribution in [3.8, 4) is 11.1 Å². The SMILES string of the molecule is c1ccc(N(c2ccccc2)c2cc(-c3cc4c5ccccc5oc4c4c3sc3ccccc34)cc3oc4ccc5ccccc5c4c23)cc1. The van der Waals surface area contributed by atoms with E-state index in [-0.39, 0.29) is 0 Å². The van der Waals surface area contributed by atoms with Gasteiger partial charge in [-0.25, -0.2) is 0 Å². The molecule has 11 rings (SSSR count). The molecule has 0 atom stereocenters. The number of nitrogens with zero attached hydrogens (tertiary/aromatic N) is 1. The van der Waals surface area contributed by atoms with E-state index in [1.54, 1.807) is 0 Å². The third-order valence-corrected chi connectivity index (χ3v) is 11.2. The number of anilines is 3. The van der Waals surface area contributed by atoms with Crippen LogP contribution in [0.1, 0.15) is 0 Å². The Bertz CT molecular complexity index is 3060. The van der Waals surface area contributed by atoms with E-state index in [1.807, 2.05) is 17.4 Å². The van der Waals surface area contributed by atoms with Gasteiger partial charge in [0.25, 0.3) is 0 Å². The molecule has 0 N–H and O–H groups in total. The number of fused-ring (bicyclic) bond motifs is 12. The van der Waals surface area contributed by atoms with E-state index in [2.05, 4.69) is 163 Å². The Hall–Kier alpha value is -6.36. The standard InChI is InChI=1S/C46H27NO2S/c1-3-14-30(15-4-1)47(31-16-5-2-6-17-31)37-25-29(26-40-44(37)42-32-18-8-7-13-28(32)23-24-39(42)48-40)35-27-36-33-19-9-11-21-38(33)49-45(36)43-34-20-10-12-22-41(34)50-46(35)43/h1-27H. The number of benzene rings is 8. The molecule has 0 fully saturated rings. The second-order valence-corrected chi connectivity index (χ2v) is 13.9. The first-order valence-electron chi connectivity index (χ1n) is 16.8. The van der Waals surface area contributed by atoms with Gasteiger partial charge in [0.2, 0.25) is 0 Å². The summed E-state index contributed by atoms with van der Waals surface area (Å²) in [6.07, 6.45) is 0. The van der Waals surface area contributed by atoms with Gasteiger partial charge in [-0.05, 0) is 77.0 Å². The summed E-state index contributed by atoms with van der Waals surface area (Å²) in [5, 5.41) is 9.19. The van der Waals surface area contributed by atoms with Crippen molar-refractivity contribution in [2.75, 3.05) is 4.90 Å². The Morgan fingerprint density at radius 2 is 1.12 bits per heavy atom. The second-order valence-electron chi connectivity index (χ2n) is 12.8. The number of hydrogen-bond donors (Lipinski definition) is 0. The lowest BCUT2D eigenvalue weighted by Crippen LogP contribution is -2.10. The molecule has 0 saturated heterocycles. The van der Waals surface area contributed by atoms with Crippen LogP contribution in [0.3, 0.4) is 0 Å². The monoisotopic (exact) mass is 657 g/mol. The van der Waals surface area contributed by atoms with Gasteiger partial charge < -0.3 is 13.7 Å². The maximum Gasteiger partial charge on any atom is 0.144 e. The quantitative estimate of drug-likeness (QED) is 0.189. The first-order chi connectivity index (χ1) is 24.8. The third-order valence-electron chi connectivity index (χ3n) is 10.0. The zero-order valence-corrected chi connectivity index (χ0v) is 27.6. The summed E-state index contributed by atoms with van der Waals surface area (Å²) >= 11 is 1.82. The molecule has 0 amide bonds. The minimum Gasteiger partial charge on any atom is -0.456 e. The van der Waals surface area contributed by atoms with E-state index < -0.39 is 0 Å². The summed E-state index contributed by atoms with van der Waals surface area (Å²) in [5.41, 5.74) is 9.05. The minimum absolute atomic E-state index is 0.854. The molecule has 8 aromatic carbocycles. The van der Waals surface area contributed by atoms with Crippen LogP contribution >= 0.6 is 11.3 Å². The summed E-state index contributed by atoms with van der Waals surface area (Å²) in [7, 11) is 0. The van der Waals surface area contributed by atoms with Gasteiger partial charge >= 0.3 is 0 Å². The highest BCUT2D eigenvalue weighted by Crippen LogP contribution is 2.50. The van der Waals surface area contributed by atoms with E-state index >= 15 is 0 Å². The third kappa shape index (κ3) is 3.97. The van der Waals surface area contributed by atoms with E-state index in [0.29, 0.717) is 0 Å². The molecule has 0 aliphatic carbocycles. The van der Waals surface area contributed by atoms with Gasteiger partial charge in [0.1, 0.15) is 22.3 Å². The molecule has 50 heavy (non-hydrogen) atoms. The number of para-hydroxylation sites is 3. The molecule has 0 bridgehead atoms. The van der Waals surface area contributed by atoms with Gasteiger partial charge in [0.05, 0.1) is 11.1 Å². The lowest BCUT2D eigenvalue weighted by atomic mass is 9.96. The van der Waals surface area contributed by atoms with Gasteiger partial charge in [-0.3, -0.25) is 0 Å². The highest BCUT2D eigenvalue weighted by atomic mass is 32.1. The van der Waals surface area contributed by atoms with E-state index in [1.165, 1.54) is 25.6 Å². The fraction of sp³-hybridized carbons (Fsp3) is 0. The number of thiophene rings is 1. The van der Waals surface area contributed by atoms with E-state index in [9.17, 15) is 0 Å². The van der Waals surface area contributed by atoms with Crippen molar-refractivity contribution in [2.45, 2.75) is 0 Å². The van der Waals surface area contributed by atoms with Gasteiger partial charge in [0, 0.05) is 53.3 Å². The van der Waals surface area contributed by atoms with Crippen LogP contribution in [0.4, 0.5) is 17.1 Å². The molecule has 0 aliphatic rings.